The van der Waals surface area contributed by atoms with Gasteiger partial charge in [0.15, 0.2) is 0 Å². The SMILES string of the molecule is CC(C)NC1CN(C2(CNC(=O)c3cn(-c4ncccn4)c4cccc(Cl)c34)CCCCC2)C1. The number of hydrogen-bond acceptors (Lipinski definition) is 5. The first kappa shape index (κ1) is 23.3. The van der Waals surface area contributed by atoms with E-state index in [0.29, 0.717) is 35.2 Å². The predicted molar refractivity (Wildman–Crippen MR) is 136 cm³/mol. The number of halogens is 1. The lowest BCUT2D eigenvalue weighted by molar-refractivity contribution is -0.0218. The van der Waals surface area contributed by atoms with Crippen molar-refractivity contribution in [2.75, 3.05) is 19.6 Å². The summed E-state index contributed by atoms with van der Waals surface area (Å²) < 4.78 is 1.84. The molecule has 3 aromatic rings. The van der Waals surface area contributed by atoms with Crippen LogP contribution in [0.3, 0.4) is 0 Å². The minimum atomic E-state index is -0.102. The molecule has 0 atom stereocenters. The van der Waals surface area contributed by atoms with Crippen LogP contribution in [-0.2, 0) is 0 Å². The molecule has 2 fully saturated rings. The van der Waals surface area contributed by atoms with E-state index in [9.17, 15) is 4.79 Å². The predicted octanol–water partition coefficient (Wildman–Crippen LogP) is 4.19. The van der Waals surface area contributed by atoms with Crippen molar-refractivity contribution in [2.45, 2.75) is 63.6 Å². The summed E-state index contributed by atoms with van der Waals surface area (Å²) in [5, 5.41) is 8.21. The summed E-state index contributed by atoms with van der Waals surface area (Å²) in [6.45, 7) is 7.14. The van der Waals surface area contributed by atoms with Crippen molar-refractivity contribution in [3.8, 4) is 5.95 Å². The topological polar surface area (TPSA) is 75.1 Å². The zero-order valence-electron chi connectivity index (χ0n) is 19.9. The zero-order chi connectivity index (χ0) is 23.7. The molecule has 8 heteroatoms. The average molecular weight is 481 g/mol. The number of amides is 1. The molecular formula is C26H33ClN6O. The Hall–Kier alpha value is -2.48. The lowest BCUT2D eigenvalue weighted by Gasteiger charge is -2.54. The van der Waals surface area contributed by atoms with Crippen LogP contribution in [0.15, 0.2) is 42.9 Å². The van der Waals surface area contributed by atoms with Gasteiger partial charge in [-0.25, -0.2) is 9.97 Å². The average Bonchev–Trinajstić information content (AvgIpc) is 3.22. The molecule has 7 nitrogen and oxygen atoms in total. The molecule has 2 aliphatic rings. The minimum Gasteiger partial charge on any atom is -0.350 e. The smallest absolute Gasteiger partial charge is 0.253 e. The fourth-order valence-electron chi connectivity index (χ4n) is 5.59. The lowest BCUT2D eigenvalue weighted by atomic mass is 9.77. The molecule has 1 saturated heterocycles. The maximum Gasteiger partial charge on any atom is 0.253 e. The van der Waals surface area contributed by atoms with Crippen LogP contribution in [0.25, 0.3) is 16.9 Å². The molecule has 2 aromatic heterocycles. The van der Waals surface area contributed by atoms with Gasteiger partial charge in [0.2, 0.25) is 5.95 Å². The van der Waals surface area contributed by atoms with Gasteiger partial charge in [0.1, 0.15) is 0 Å². The van der Waals surface area contributed by atoms with Crippen LogP contribution >= 0.6 is 11.6 Å². The fourth-order valence-corrected chi connectivity index (χ4v) is 5.87. The van der Waals surface area contributed by atoms with Gasteiger partial charge < -0.3 is 10.6 Å². The van der Waals surface area contributed by atoms with Crippen molar-refractivity contribution >= 4 is 28.4 Å². The number of hydrogen-bond donors (Lipinski definition) is 2. The first-order valence-electron chi connectivity index (χ1n) is 12.3. The Balaban J connectivity index is 1.38. The third-order valence-electron chi connectivity index (χ3n) is 7.27. The molecule has 0 spiro atoms. The number of benzene rings is 1. The maximum absolute atomic E-state index is 13.5. The number of likely N-dealkylation sites (tertiary alicyclic amines) is 1. The molecule has 5 rings (SSSR count). The number of rotatable bonds is 7. The first-order valence-corrected chi connectivity index (χ1v) is 12.7. The second kappa shape index (κ2) is 9.64. The van der Waals surface area contributed by atoms with Crippen LogP contribution < -0.4 is 10.6 Å². The molecule has 0 bridgehead atoms. The van der Waals surface area contributed by atoms with Crippen molar-refractivity contribution in [3.63, 3.8) is 0 Å². The second-order valence-electron chi connectivity index (χ2n) is 9.99. The van der Waals surface area contributed by atoms with E-state index in [0.717, 1.165) is 36.8 Å². The van der Waals surface area contributed by atoms with Gasteiger partial charge in [-0.05, 0) is 31.0 Å². The van der Waals surface area contributed by atoms with Gasteiger partial charge in [-0.2, -0.15) is 0 Å². The highest BCUT2D eigenvalue weighted by atomic mass is 35.5. The summed E-state index contributed by atoms with van der Waals surface area (Å²) in [4.78, 5) is 24.8. The van der Waals surface area contributed by atoms with E-state index in [1.54, 1.807) is 24.7 Å². The molecular weight excluding hydrogens is 448 g/mol. The quantitative estimate of drug-likeness (QED) is 0.530. The Morgan fingerprint density at radius 2 is 1.88 bits per heavy atom. The molecule has 1 aliphatic carbocycles. The van der Waals surface area contributed by atoms with Crippen molar-refractivity contribution in [1.29, 1.82) is 0 Å². The van der Waals surface area contributed by atoms with Gasteiger partial charge in [0.25, 0.3) is 5.91 Å². The molecule has 1 saturated carbocycles. The zero-order valence-corrected chi connectivity index (χ0v) is 20.7. The maximum atomic E-state index is 13.5. The number of aromatic nitrogens is 3. The van der Waals surface area contributed by atoms with E-state index in [1.807, 2.05) is 22.8 Å². The summed E-state index contributed by atoms with van der Waals surface area (Å²) in [6.07, 6.45) is 11.2. The van der Waals surface area contributed by atoms with Crippen molar-refractivity contribution in [2.24, 2.45) is 0 Å². The lowest BCUT2D eigenvalue weighted by Crippen LogP contribution is -2.69. The van der Waals surface area contributed by atoms with Crippen LogP contribution in [0.4, 0.5) is 0 Å². The molecule has 3 heterocycles. The summed E-state index contributed by atoms with van der Waals surface area (Å²) in [6, 6.07) is 8.45. The van der Waals surface area contributed by atoms with E-state index in [1.165, 1.54) is 19.3 Å². The van der Waals surface area contributed by atoms with Gasteiger partial charge in [0.05, 0.1) is 16.1 Å². The number of carbonyl (C=O) groups excluding carboxylic acids is 1. The Morgan fingerprint density at radius 3 is 2.59 bits per heavy atom. The largest absolute Gasteiger partial charge is 0.350 e. The number of fused-ring (bicyclic) bond motifs is 1. The van der Waals surface area contributed by atoms with E-state index < -0.39 is 0 Å². The summed E-state index contributed by atoms with van der Waals surface area (Å²) >= 11 is 6.57. The van der Waals surface area contributed by atoms with Crippen LogP contribution in [-0.4, -0.2) is 62.6 Å². The van der Waals surface area contributed by atoms with Gasteiger partial charge in [-0.3, -0.25) is 14.3 Å². The molecule has 1 aromatic carbocycles. The number of nitrogens with zero attached hydrogens (tertiary/aromatic N) is 4. The van der Waals surface area contributed by atoms with Gasteiger partial charge in [-0.15, -0.1) is 0 Å². The monoisotopic (exact) mass is 480 g/mol. The first-order chi connectivity index (χ1) is 16.5. The Bertz CT molecular complexity index is 1150. The summed E-state index contributed by atoms with van der Waals surface area (Å²) in [5.41, 5.74) is 1.41. The highest BCUT2D eigenvalue weighted by molar-refractivity contribution is 6.37. The van der Waals surface area contributed by atoms with E-state index in [-0.39, 0.29) is 11.4 Å². The Kier molecular flexibility index (Phi) is 6.60. The van der Waals surface area contributed by atoms with Gasteiger partial charge in [0, 0.05) is 61.2 Å². The summed E-state index contributed by atoms with van der Waals surface area (Å²) in [7, 11) is 0. The molecule has 34 heavy (non-hydrogen) atoms. The Labute approximate surface area is 205 Å². The highest BCUT2D eigenvalue weighted by Crippen LogP contribution is 2.37. The third-order valence-corrected chi connectivity index (χ3v) is 7.59. The van der Waals surface area contributed by atoms with Crippen LogP contribution in [0.2, 0.25) is 5.02 Å². The Morgan fingerprint density at radius 1 is 1.15 bits per heavy atom. The van der Waals surface area contributed by atoms with Gasteiger partial charge in [-0.1, -0.05) is 50.8 Å². The molecule has 2 N–H and O–H groups in total. The molecule has 1 aliphatic heterocycles. The molecule has 1 amide bonds. The summed E-state index contributed by atoms with van der Waals surface area (Å²) in [5.74, 6) is 0.414. The van der Waals surface area contributed by atoms with Crippen molar-refractivity contribution in [1.82, 2.24) is 30.1 Å². The normalized spacial score (nSPS) is 18.8. The molecule has 0 radical (unpaired) electrons. The van der Waals surface area contributed by atoms with E-state index in [4.69, 9.17) is 11.6 Å². The van der Waals surface area contributed by atoms with Crippen molar-refractivity contribution in [3.05, 3.63) is 53.4 Å². The fraction of sp³-hybridized carbons (Fsp3) is 0.500. The molecule has 0 unspecified atom stereocenters. The van der Waals surface area contributed by atoms with Gasteiger partial charge >= 0.3 is 0 Å². The minimum absolute atomic E-state index is 0.0355. The van der Waals surface area contributed by atoms with Crippen LogP contribution in [0.5, 0.6) is 0 Å². The molecule has 180 valence electrons. The second-order valence-corrected chi connectivity index (χ2v) is 10.4. The van der Waals surface area contributed by atoms with E-state index in [2.05, 4.69) is 39.3 Å². The van der Waals surface area contributed by atoms with E-state index >= 15 is 0 Å². The number of carbonyl (C=O) groups is 1. The number of nitrogens with one attached hydrogen (secondary N) is 2. The van der Waals surface area contributed by atoms with Crippen molar-refractivity contribution < 1.29 is 4.79 Å². The third kappa shape index (κ3) is 4.44. The van der Waals surface area contributed by atoms with Crippen LogP contribution in [0.1, 0.15) is 56.3 Å². The standard InChI is InChI=1S/C26H33ClN6O/c1-18(2)31-19-14-32(15-19)26(10-4-3-5-11-26)17-30-24(34)20-16-33(25-28-12-7-13-29-25)22-9-6-8-21(27)23(20)22/h6-9,12-13,16,18-19,31H,3-5,10-11,14-15,17H2,1-2H3,(H,30,34). The highest BCUT2D eigenvalue weighted by Gasteiger charge is 2.44. The van der Waals surface area contributed by atoms with Crippen LogP contribution in [0, 0.1) is 0 Å².